The van der Waals surface area contributed by atoms with Gasteiger partial charge >= 0.3 is 0 Å². The van der Waals surface area contributed by atoms with Gasteiger partial charge in [-0.2, -0.15) is 0 Å². The molecule has 4 heteroatoms. The zero-order valence-corrected chi connectivity index (χ0v) is 25.9. The molecule has 216 valence electrons. The second kappa shape index (κ2) is 9.64. The third-order valence-electron chi connectivity index (χ3n) is 9.48. The Bertz CT molecular complexity index is 2720. The number of pyridine rings is 1. The Morgan fingerprint density at radius 2 is 1.00 bits per heavy atom. The first-order chi connectivity index (χ1) is 22.7. The fraction of sp³-hybridized carbons (Fsp3) is 0.0238. The van der Waals surface area contributed by atoms with Crippen molar-refractivity contribution in [2.75, 3.05) is 0 Å². The highest BCUT2D eigenvalue weighted by molar-refractivity contribution is 7.26. The number of hydrogen-bond acceptors (Lipinski definition) is 2. The number of hydrogen-bond donors (Lipinski definition) is 0. The molecule has 0 aliphatic heterocycles. The van der Waals surface area contributed by atoms with E-state index < -0.39 is 0 Å². The fourth-order valence-electron chi connectivity index (χ4n) is 7.46. The minimum absolute atomic E-state index is 1.03. The monoisotopic (exact) mass is 605 g/mol. The first kappa shape index (κ1) is 25.6. The summed E-state index contributed by atoms with van der Waals surface area (Å²) in [4.78, 5) is 4.94. The summed E-state index contributed by atoms with van der Waals surface area (Å²) in [5.41, 5.74) is 10.5. The van der Waals surface area contributed by atoms with Gasteiger partial charge in [0.05, 0.1) is 27.8 Å². The average molecular weight is 606 g/mol. The molecule has 0 spiro atoms. The van der Waals surface area contributed by atoms with E-state index in [1.807, 2.05) is 23.6 Å². The number of aromatic nitrogens is 3. The molecule has 0 saturated carbocycles. The molecular weight excluding hydrogens is 579 g/mol. The quantitative estimate of drug-likeness (QED) is 0.196. The largest absolute Gasteiger partial charge is 0.309 e. The lowest BCUT2D eigenvalue weighted by Gasteiger charge is -2.13. The Hall–Kier alpha value is -5.71. The van der Waals surface area contributed by atoms with Crippen molar-refractivity contribution in [3.05, 3.63) is 151 Å². The maximum atomic E-state index is 4.94. The summed E-state index contributed by atoms with van der Waals surface area (Å²) in [5, 5.41) is 7.58. The predicted octanol–water partition coefficient (Wildman–Crippen LogP) is 11.6. The van der Waals surface area contributed by atoms with Gasteiger partial charge in [0.25, 0.3) is 0 Å². The maximum Gasteiger partial charge on any atom is 0.0746 e. The van der Waals surface area contributed by atoms with Crippen molar-refractivity contribution in [2.45, 2.75) is 6.92 Å². The molecule has 0 atom stereocenters. The topological polar surface area (TPSA) is 22.8 Å². The van der Waals surface area contributed by atoms with Crippen LogP contribution in [0.4, 0.5) is 0 Å². The van der Waals surface area contributed by atoms with Crippen LogP contribution in [-0.2, 0) is 0 Å². The highest BCUT2D eigenvalue weighted by Crippen LogP contribution is 2.44. The van der Waals surface area contributed by atoms with Gasteiger partial charge in [-0.15, -0.1) is 11.3 Å². The standard InChI is InChI=1S/C42H27N3S/c1-26-11-10-22-43-41(26)35-25-28(45-38-18-8-4-14-31(38)32-15-5-9-19-39(32)45)24-34-33-23-27(20-21-40(33)46-42(34)35)44-36-16-6-2-12-29(36)30-13-3-7-17-37(30)44/h2-25H,1H3. The van der Waals surface area contributed by atoms with E-state index in [9.17, 15) is 0 Å². The molecule has 0 radical (unpaired) electrons. The van der Waals surface area contributed by atoms with Gasteiger partial charge in [-0.05, 0) is 73.2 Å². The molecule has 46 heavy (non-hydrogen) atoms. The summed E-state index contributed by atoms with van der Waals surface area (Å²) >= 11 is 1.86. The summed E-state index contributed by atoms with van der Waals surface area (Å²) < 4.78 is 7.37. The van der Waals surface area contributed by atoms with Crippen molar-refractivity contribution < 1.29 is 0 Å². The summed E-state index contributed by atoms with van der Waals surface area (Å²) in [7, 11) is 0. The molecule has 0 amide bonds. The Morgan fingerprint density at radius 1 is 0.478 bits per heavy atom. The van der Waals surface area contributed by atoms with Crippen molar-refractivity contribution in [3.8, 4) is 22.6 Å². The van der Waals surface area contributed by atoms with E-state index in [1.165, 1.54) is 80.6 Å². The molecule has 0 aliphatic rings. The SMILES string of the molecule is Cc1cccnc1-c1cc(-n2c3ccccc3c3ccccc32)cc2c1sc1ccc(-n3c4ccccc4c4ccccc43)cc12. The van der Waals surface area contributed by atoms with Crippen molar-refractivity contribution in [2.24, 2.45) is 0 Å². The average Bonchev–Trinajstić information content (AvgIpc) is 3.76. The van der Waals surface area contributed by atoms with Crippen LogP contribution in [0.5, 0.6) is 0 Å². The van der Waals surface area contributed by atoms with Crippen LogP contribution in [-0.4, -0.2) is 14.1 Å². The number of aryl methyl sites for hydroxylation is 1. The lowest BCUT2D eigenvalue weighted by molar-refractivity contribution is 1.18. The molecule has 0 unspecified atom stereocenters. The van der Waals surface area contributed by atoms with Gasteiger partial charge in [-0.3, -0.25) is 4.98 Å². The van der Waals surface area contributed by atoms with Gasteiger partial charge in [-0.1, -0.05) is 78.9 Å². The summed E-state index contributed by atoms with van der Waals surface area (Å²) in [6.07, 6.45) is 1.91. The Morgan fingerprint density at radius 3 is 1.57 bits per heavy atom. The second-order valence-electron chi connectivity index (χ2n) is 12.1. The predicted molar refractivity (Wildman–Crippen MR) is 196 cm³/mol. The van der Waals surface area contributed by atoms with Crippen LogP contribution in [0.3, 0.4) is 0 Å². The van der Waals surface area contributed by atoms with Crippen LogP contribution in [0.25, 0.3) is 86.4 Å². The molecule has 6 aromatic carbocycles. The van der Waals surface area contributed by atoms with Gasteiger partial charge < -0.3 is 9.13 Å². The van der Waals surface area contributed by atoms with Crippen LogP contribution >= 0.6 is 11.3 Å². The molecule has 10 rings (SSSR count). The summed E-state index contributed by atoms with van der Waals surface area (Å²) in [5.74, 6) is 0. The third-order valence-corrected chi connectivity index (χ3v) is 10.7. The first-order valence-electron chi connectivity index (χ1n) is 15.6. The number of para-hydroxylation sites is 4. The minimum Gasteiger partial charge on any atom is -0.309 e. The Balaban J connectivity index is 1.32. The fourth-order valence-corrected chi connectivity index (χ4v) is 8.64. The molecule has 0 bridgehead atoms. The number of thiophene rings is 1. The number of fused-ring (bicyclic) bond motifs is 9. The highest BCUT2D eigenvalue weighted by atomic mass is 32.1. The molecule has 0 saturated heterocycles. The van der Waals surface area contributed by atoms with E-state index in [-0.39, 0.29) is 0 Å². The van der Waals surface area contributed by atoms with Gasteiger partial charge in [-0.25, -0.2) is 0 Å². The molecule has 10 aromatic rings. The number of benzene rings is 6. The smallest absolute Gasteiger partial charge is 0.0746 e. The number of nitrogens with zero attached hydrogens (tertiary/aromatic N) is 3. The zero-order chi connectivity index (χ0) is 30.4. The summed E-state index contributed by atoms with van der Waals surface area (Å²) in [6, 6.07) is 50.8. The molecule has 0 N–H and O–H groups in total. The van der Waals surface area contributed by atoms with Crippen molar-refractivity contribution in [3.63, 3.8) is 0 Å². The summed E-state index contributed by atoms with van der Waals surface area (Å²) in [6.45, 7) is 2.16. The zero-order valence-electron chi connectivity index (χ0n) is 25.1. The highest BCUT2D eigenvalue weighted by Gasteiger charge is 2.19. The van der Waals surface area contributed by atoms with Crippen molar-refractivity contribution in [1.29, 1.82) is 0 Å². The van der Waals surface area contributed by atoms with E-state index in [0.717, 1.165) is 11.4 Å². The lowest BCUT2D eigenvalue weighted by atomic mass is 10.0. The molecule has 0 aliphatic carbocycles. The molecule has 0 fully saturated rings. The van der Waals surface area contributed by atoms with E-state index in [4.69, 9.17) is 4.98 Å². The Labute approximate surface area is 269 Å². The van der Waals surface area contributed by atoms with E-state index in [1.54, 1.807) is 0 Å². The third kappa shape index (κ3) is 3.56. The van der Waals surface area contributed by atoms with Gasteiger partial charge in [0.2, 0.25) is 0 Å². The minimum atomic E-state index is 1.03. The van der Waals surface area contributed by atoms with Gasteiger partial charge in [0, 0.05) is 64.9 Å². The Kier molecular flexibility index (Phi) is 5.37. The lowest BCUT2D eigenvalue weighted by Crippen LogP contribution is -1.96. The van der Waals surface area contributed by atoms with Crippen molar-refractivity contribution in [1.82, 2.24) is 14.1 Å². The van der Waals surface area contributed by atoms with Crippen LogP contribution in [0, 0.1) is 6.92 Å². The molecular formula is C42H27N3S. The van der Waals surface area contributed by atoms with E-state index in [2.05, 4.69) is 150 Å². The van der Waals surface area contributed by atoms with Gasteiger partial charge in [0.15, 0.2) is 0 Å². The van der Waals surface area contributed by atoms with Crippen LogP contribution < -0.4 is 0 Å². The van der Waals surface area contributed by atoms with E-state index in [0.29, 0.717) is 0 Å². The first-order valence-corrected chi connectivity index (χ1v) is 16.5. The number of rotatable bonds is 3. The van der Waals surface area contributed by atoms with E-state index >= 15 is 0 Å². The van der Waals surface area contributed by atoms with Crippen LogP contribution in [0.15, 0.2) is 146 Å². The normalized spacial score (nSPS) is 12.0. The van der Waals surface area contributed by atoms with Crippen LogP contribution in [0.1, 0.15) is 5.56 Å². The maximum absolute atomic E-state index is 4.94. The van der Waals surface area contributed by atoms with Crippen molar-refractivity contribution >= 4 is 75.1 Å². The molecule has 4 aromatic heterocycles. The van der Waals surface area contributed by atoms with Crippen LogP contribution in [0.2, 0.25) is 0 Å². The van der Waals surface area contributed by atoms with Gasteiger partial charge in [0.1, 0.15) is 0 Å². The molecule has 3 nitrogen and oxygen atoms in total. The second-order valence-corrected chi connectivity index (χ2v) is 13.1. The molecule has 4 heterocycles.